The van der Waals surface area contributed by atoms with Crippen LogP contribution in [-0.4, -0.2) is 34.3 Å². The van der Waals surface area contributed by atoms with E-state index in [0.29, 0.717) is 0 Å². The van der Waals surface area contributed by atoms with Crippen LogP contribution in [0.3, 0.4) is 0 Å². The number of hydrogen-bond acceptors (Lipinski definition) is 1. The molecular formula is C16H34NPSi3. The van der Waals surface area contributed by atoms with Gasteiger partial charge in [0.25, 0.3) is 0 Å². The maximum atomic E-state index is 3.06. The van der Waals surface area contributed by atoms with Crippen molar-refractivity contribution < 1.29 is 0 Å². The molecule has 1 rings (SSSR count). The van der Waals surface area contributed by atoms with E-state index in [4.69, 9.17) is 0 Å². The molecule has 0 heterocycles. The van der Waals surface area contributed by atoms with Gasteiger partial charge in [0.05, 0.1) is 8.07 Å². The van der Waals surface area contributed by atoms with Crippen molar-refractivity contribution in [3.8, 4) is 0 Å². The van der Waals surface area contributed by atoms with Crippen molar-refractivity contribution in [2.24, 2.45) is 0 Å². The van der Waals surface area contributed by atoms with Gasteiger partial charge in [-0.15, -0.1) is 0 Å². The molecule has 120 valence electrons. The standard InChI is InChI=1S/C16H34NPSi3/c1-19(2,3)15-18(16-13-11-10-12-14-16)17(20(4,5)6)21(7,8)9/h10-14H,15H2,1-9H3. The van der Waals surface area contributed by atoms with Crippen molar-refractivity contribution in [1.29, 1.82) is 0 Å². The third-order valence-corrected chi connectivity index (χ3v) is 21.2. The van der Waals surface area contributed by atoms with Gasteiger partial charge in [-0.2, -0.15) is 0 Å². The molecule has 0 aromatic heterocycles. The Balaban J connectivity index is 3.33. The minimum absolute atomic E-state index is 0.165. The first-order valence-corrected chi connectivity index (χ1v) is 20.0. The molecule has 0 saturated heterocycles. The van der Waals surface area contributed by atoms with Gasteiger partial charge in [0.2, 0.25) is 0 Å². The van der Waals surface area contributed by atoms with Crippen molar-refractivity contribution in [2.75, 3.05) is 5.79 Å². The summed E-state index contributed by atoms with van der Waals surface area (Å²) in [5, 5.41) is 1.60. The van der Waals surface area contributed by atoms with Gasteiger partial charge in [0, 0.05) is 0 Å². The van der Waals surface area contributed by atoms with Crippen molar-refractivity contribution >= 4 is 37.9 Å². The van der Waals surface area contributed by atoms with Crippen LogP contribution in [0, 0.1) is 0 Å². The lowest BCUT2D eigenvalue weighted by Crippen LogP contribution is -2.58. The fourth-order valence-corrected chi connectivity index (χ4v) is 24.5. The molecule has 0 fully saturated rings. The second-order valence-electron chi connectivity index (χ2n) is 9.11. The molecule has 0 saturated carbocycles. The van der Waals surface area contributed by atoms with Crippen LogP contribution in [0.1, 0.15) is 0 Å². The van der Waals surface area contributed by atoms with E-state index in [9.17, 15) is 0 Å². The van der Waals surface area contributed by atoms with Crippen molar-refractivity contribution in [2.45, 2.75) is 58.9 Å². The van der Waals surface area contributed by atoms with E-state index in [1.54, 1.807) is 5.30 Å². The Morgan fingerprint density at radius 2 is 1.19 bits per heavy atom. The van der Waals surface area contributed by atoms with E-state index in [1.165, 1.54) is 5.79 Å². The predicted molar refractivity (Wildman–Crippen MR) is 110 cm³/mol. The molecule has 1 aromatic rings. The topological polar surface area (TPSA) is 3.24 Å². The van der Waals surface area contributed by atoms with Gasteiger partial charge in [-0.1, -0.05) is 89.3 Å². The molecule has 0 bridgehead atoms. The first kappa shape index (κ1) is 19.3. The highest BCUT2D eigenvalue weighted by molar-refractivity contribution is 7.69. The van der Waals surface area contributed by atoms with Gasteiger partial charge in [-0.25, -0.2) is 0 Å². The van der Waals surface area contributed by atoms with Crippen LogP contribution in [0.5, 0.6) is 0 Å². The summed E-state index contributed by atoms with van der Waals surface area (Å²) in [6, 6.07) is 11.3. The zero-order valence-corrected chi connectivity index (χ0v) is 19.4. The molecule has 0 N–H and O–H groups in total. The predicted octanol–water partition coefficient (Wildman–Crippen LogP) is 5.56. The largest absolute Gasteiger partial charge is 0.321 e. The van der Waals surface area contributed by atoms with Gasteiger partial charge < -0.3 is 4.00 Å². The third kappa shape index (κ3) is 6.11. The van der Waals surface area contributed by atoms with Gasteiger partial charge >= 0.3 is 0 Å². The zero-order chi connectivity index (χ0) is 16.5. The Bertz CT molecular complexity index is 429. The monoisotopic (exact) mass is 355 g/mol. The summed E-state index contributed by atoms with van der Waals surface area (Å²) in [7, 11) is -3.90. The van der Waals surface area contributed by atoms with E-state index in [1.807, 2.05) is 0 Å². The molecule has 0 spiro atoms. The molecule has 0 aliphatic heterocycles. The first-order valence-electron chi connectivity index (χ1n) is 7.95. The molecule has 5 heteroatoms. The second-order valence-corrected chi connectivity index (χ2v) is 28.0. The fraction of sp³-hybridized carbons (Fsp3) is 0.625. The van der Waals surface area contributed by atoms with E-state index >= 15 is 0 Å². The maximum Gasteiger partial charge on any atom is 0.116 e. The SMILES string of the molecule is C[Si](C)(C)CP(c1ccccc1)N([Si](C)(C)C)[Si](C)(C)C. The molecule has 0 aliphatic carbocycles. The van der Waals surface area contributed by atoms with Gasteiger partial charge in [0.15, 0.2) is 0 Å². The number of benzene rings is 1. The Kier molecular flexibility index (Phi) is 6.25. The summed E-state index contributed by atoms with van der Waals surface area (Å²) >= 11 is 0. The lowest BCUT2D eigenvalue weighted by Gasteiger charge is -2.50. The molecule has 1 unspecified atom stereocenters. The molecule has 1 nitrogen and oxygen atoms in total. The Morgan fingerprint density at radius 1 is 0.762 bits per heavy atom. The molecule has 0 radical (unpaired) electrons. The van der Waals surface area contributed by atoms with Crippen LogP contribution in [0.25, 0.3) is 0 Å². The van der Waals surface area contributed by atoms with Crippen LogP contribution >= 0.6 is 8.07 Å². The van der Waals surface area contributed by atoms with Crippen molar-refractivity contribution in [3.05, 3.63) is 30.3 Å². The van der Waals surface area contributed by atoms with Gasteiger partial charge in [-0.05, 0) is 19.2 Å². The maximum absolute atomic E-state index is 3.06. The highest BCUT2D eigenvalue weighted by atomic mass is 31.1. The lowest BCUT2D eigenvalue weighted by atomic mass is 10.4. The molecular weight excluding hydrogens is 321 g/mol. The fourth-order valence-electron chi connectivity index (χ4n) is 3.06. The summed E-state index contributed by atoms with van der Waals surface area (Å²) in [5.41, 5.74) is 0. The molecule has 0 amide bonds. The Hall–Kier alpha value is 0.261. The minimum atomic E-state index is -1.32. The summed E-state index contributed by atoms with van der Waals surface area (Å²) in [4.78, 5) is 0. The van der Waals surface area contributed by atoms with Gasteiger partial charge in [0.1, 0.15) is 16.5 Å². The highest BCUT2D eigenvalue weighted by Crippen LogP contribution is 2.48. The van der Waals surface area contributed by atoms with E-state index in [-0.39, 0.29) is 8.07 Å². The summed E-state index contributed by atoms with van der Waals surface area (Å²) in [5.74, 6) is 1.43. The second kappa shape index (κ2) is 6.79. The molecule has 0 aliphatic rings. The zero-order valence-electron chi connectivity index (χ0n) is 15.5. The molecule has 1 aromatic carbocycles. The number of rotatable bonds is 6. The Labute approximate surface area is 137 Å². The minimum Gasteiger partial charge on any atom is -0.321 e. The van der Waals surface area contributed by atoms with Crippen molar-refractivity contribution in [3.63, 3.8) is 0 Å². The molecule has 1 atom stereocenters. The van der Waals surface area contributed by atoms with Crippen LogP contribution in [0.4, 0.5) is 0 Å². The average Bonchev–Trinajstić information content (AvgIpc) is 2.23. The van der Waals surface area contributed by atoms with E-state index in [0.717, 1.165) is 0 Å². The Morgan fingerprint density at radius 3 is 1.52 bits per heavy atom. The average molecular weight is 356 g/mol. The number of nitrogens with zero attached hydrogens (tertiary/aromatic N) is 1. The van der Waals surface area contributed by atoms with E-state index in [2.05, 4.69) is 93.3 Å². The van der Waals surface area contributed by atoms with Gasteiger partial charge in [-0.3, -0.25) is 0 Å². The quantitative estimate of drug-likeness (QED) is 0.477. The lowest BCUT2D eigenvalue weighted by molar-refractivity contribution is 0.976. The van der Waals surface area contributed by atoms with Crippen LogP contribution in [0.15, 0.2) is 30.3 Å². The van der Waals surface area contributed by atoms with Crippen LogP contribution < -0.4 is 5.30 Å². The first-order chi connectivity index (χ1) is 9.32. The van der Waals surface area contributed by atoms with Crippen LogP contribution in [0.2, 0.25) is 58.9 Å². The summed E-state index contributed by atoms with van der Waals surface area (Å²) in [6.45, 7) is 22.8. The third-order valence-electron chi connectivity index (χ3n) is 3.19. The smallest absolute Gasteiger partial charge is 0.116 e. The summed E-state index contributed by atoms with van der Waals surface area (Å²) in [6.07, 6.45) is 0. The highest BCUT2D eigenvalue weighted by Gasteiger charge is 2.41. The van der Waals surface area contributed by atoms with Crippen molar-refractivity contribution in [1.82, 2.24) is 4.00 Å². The molecule has 21 heavy (non-hydrogen) atoms. The summed E-state index contributed by atoms with van der Waals surface area (Å²) < 4.78 is 3.06. The number of hydrogen-bond donors (Lipinski definition) is 0. The van der Waals surface area contributed by atoms with Crippen LogP contribution in [-0.2, 0) is 0 Å². The normalized spacial score (nSPS) is 15.3. The van der Waals surface area contributed by atoms with E-state index < -0.39 is 24.5 Å².